The standard InChI is InChI=1S/C13H17N5O/c1-2-4-14-11-12(19)17-7-9-18(10-8-17)13-15-5-3-6-16-13/h1,3,5-6,14H,4,7-11H2. The first-order valence-electron chi connectivity index (χ1n) is 6.25. The number of terminal acetylenes is 1. The minimum atomic E-state index is 0.0869. The quantitative estimate of drug-likeness (QED) is 0.575. The molecule has 0 saturated carbocycles. The predicted molar refractivity (Wildman–Crippen MR) is 72.5 cm³/mol. The molecule has 1 aliphatic rings. The first kappa shape index (κ1) is 13.3. The van der Waals surface area contributed by atoms with Crippen molar-refractivity contribution < 1.29 is 4.79 Å². The molecule has 1 saturated heterocycles. The summed E-state index contributed by atoms with van der Waals surface area (Å²) >= 11 is 0. The van der Waals surface area contributed by atoms with Crippen LogP contribution in [0.5, 0.6) is 0 Å². The summed E-state index contributed by atoms with van der Waals surface area (Å²) in [6, 6.07) is 1.79. The molecule has 1 aromatic heterocycles. The molecule has 0 atom stereocenters. The predicted octanol–water partition coefficient (Wildman–Crippen LogP) is -0.652. The van der Waals surface area contributed by atoms with Crippen molar-refractivity contribution >= 4 is 11.9 Å². The molecule has 0 aliphatic carbocycles. The zero-order valence-electron chi connectivity index (χ0n) is 10.7. The first-order chi connectivity index (χ1) is 9.31. The maximum Gasteiger partial charge on any atom is 0.236 e. The molecule has 6 nitrogen and oxygen atoms in total. The molecule has 2 heterocycles. The van der Waals surface area contributed by atoms with Gasteiger partial charge in [-0.25, -0.2) is 9.97 Å². The number of nitrogens with one attached hydrogen (secondary N) is 1. The summed E-state index contributed by atoms with van der Waals surface area (Å²) in [6.07, 6.45) is 8.57. The van der Waals surface area contributed by atoms with Gasteiger partial charge >= 0.3 is 0 Å². The Labute approximate surface area is 112 Å². The summed E-state index contributed by atoms with van der Waals surface area (Å²) < 4.78 is 0. The van der Waals surface area contributed by atoms with Gasteiger partial charge in [-0.05, 0) is 6.07 Å². The molecule has 2 rings (SSSR count). The molecule has 0 spiro atoms. The molecule has 19 heavy (non-hydrogen) atoms. The number of hydrogen-bond donors (Lipinski definition) is 1. The summed E-state index contributed by atoms with van der Waals surface area (Å²) in [6.45, 7) is 3.61. The Morgan fingerprint density at radius 2 is 2.00 bits per heavy atom. The van der Waals surface area contributed by atoms with Crippen LogP contribution in [0.3, 0.4) is 0 Å². The summed E-state index contributed by atoms with van der Waals surface area (Å²) in [5.74, 6) is 3.26. The molecule has 0 unspecified atom stereocenters. The molecular weight excluding hydrogens is 242 g/mol. The van der Waals surface area contributed by atoms with Crippen LogP contribution in [0.4, 0.5) is 5.95 Å². The second-order valence-electron chi connectivity index (χ2n) is 4.22. The third-order valence-electron chi connectivity index (χ3n) is 2.97. The van der Waals surface area contributed by atoms with E-state index < -0.39 is 0 Å². The first-order valence-corrected chi connectivity index (χ1v) is 6.25. The zero-order chi connectivity index (χ0) is 13.5. The Bertz CT molecular complexity index is 448. The third kappa shape index (κ3) is 3.66. The van der Waals surface area contributed by atoms with Crippen molar-refractivity contribution in [3.05, 3.63) is 18.5 Å². The molecule has 1 amide bonds. The van der Waals surface area contributed by atoms with Crippen LogP contribution in [-0.4, -0.2) is 60.0 Å². The molecule has 0 radical (unpaired) electrons. The molecule has 1 N–H and O–H groups in total. The van der Waals surface area contributed by atoms with Crippen molar-refractivity contribution in [2.45, 2.75) is 0 Å². The number of carbonyl (C=O) groups excluding carboxylic acids is 1. The van der Waals surface area contributed by atoms with Gasteiger partial charge in [0.1, 0.15) is 0 Å². The van der Waals surface area contributed by atoms with E-state index in [2.05, 4.69) is 26.1 Å². The monoisotopic (exact) mass is 259 g/mol. The second-order valence-corrected chi connectivity index (χ2v) is 4.22. The van der Waals surface area contributed by atoms with Gasteiger partial charge in [-0.1, -0.05) is 5.92 Å². The van der Waals surface area contributed by atoms with E-state index in [1.165, 1.54) is 0 Å². The Hall–Kier alpha value is -2.13. The van der Waals surface area contributed by atoms with Gasteiger partial charge in [-0.2, -0.15) is 0 Å². The van der Waals surface area contributed by atoms with Crippen LogP contribution in [0.15, 0.2) is 18.5 Å². The Morgan fingerprint density at radius 3 is 2.63 bits per heavy atom. The molecule has 1 aromatic rings. The highest BCUT2D eigenvalue weighted by Gasteiger charge is 2.21. The highest BCUT2D eigenvalue weighted by atomic mass is 16.2. The molecule has 0 bridgehead atoms. The number of amides is 1. The number of hydrogen-bond acceptors (Lipinski definition) is 5. The maximum atomic E-state index is 11.9. The average molecular weight is 259 g/mol. The minimum Gasteiger partial charge on any atom is -0.338 e. The summed E-state index contributed by atoms with van der Waals surface area (Å²) in [4.78, 5) is 24.2. The van der Waals surface area contributed by atoms with E-state index in [4.69, 9.17) is 6.42 Å². The van der Waals surface area contributed by atoms with E-state index in [0.717, 1.165) is 19.0 Å². The fourth-order valence-electron chi connectivity index (χ4n) is 1.96. The van der Waals surface area contributed by atoms with E-state index >= 15 is 0 Å². The van der Waals surface area contributed by atoms with Gasteiger partial charge in [-0.15, -0.1) is 6.42 Å². The SMILES string of the molecule is C#CCNCC(=O)N1CCN(c2ncccn2)CC1. The van der Waals surface area contributed by atoms with Crippen LogP contribution >= 0.6 is 0 Å². The normalized spacial score (nSPS) is 15.1. The highest BCUT2D eigenvalue weighted by Crippen LogP contribution is 2.09. The van der Waals surface area contributed by atoms with Crippen LogP contribution in [0, 0.1) is 12.3 Å². The Morgan fingerprint density at radius 1 is 1.32 bits per heavy atom. The van der Waals surface area contributed by atoms with Gasteiger partial charge in [0.2, 0.25) is 11.9 Å². The van der Waals surface area contributed by atoms with Crippen molar-refractivity contribution in [1.82, 2.24) is 20.2 Å². The van der Waals surface area contributed by atoms with Gasteiger partial charge in [-0.3, -0.25) is 10.1 Å². The number of carbonyl (C=O) groups is 1. The number of nitrogens with zero attached hydrogens (tertiary/aromatic N) is 4. The topological polar surface area (TPSA) is 61.4 Å². The summed E-state index contributed by atoms with van der Waals surface area (Å²) in [7, 11) is 0. The lowest BCUT2D eigenvalue weighted by Gasteiger charge is -2.34. The van der Waals surface area contributed by atoms with Crippen LogP contribution in [0.1, 0.15) is 0 Å². The fraction of sp³-hybridized carbons (Fsp3) is 0.462. The van der Waals surface area contributed by atoms with Gasteiger partial charge in [0.05, 0.1) is 13.1 Å². The smallest absolute Gasteiger partial charge is 0.236 e. The maximum absolute atomic E-state index is 11.9. The van der Waals surface area contributed by atoms with Crippen molar-refractivity contribution in [1.29, 1.82) is 0 Å². The van der Waals surface area contributed by atoms with Crippen LogP contribution < -0.4 is 10.2 Å². The molecule has 100 valence electrons. The second kappa shape index (κ2) is 6.71. The molecule has 6 heteroatoms. The van der Waals surface area contributed by atoms with E-state index in [0.29, 0.717) is 26.2 Å². The zero-order valence-corrected chi connectivity index (χ0v) is 10.7. The van der Waals surface area contributed by atoms with Crippen LogP contribution in [0.2, 0.25) is 0 Å². The minimum absolute atomic E-state index is 0.0869. The lowest BCUT2D eigenvalue weighted by Crippen LogP contribution is -2.51. The van der Waals surface area contributed by atoms with E-state index in [9.17, 15) is 4.79 Å². The fourth-order valence-corrected chi connectivity index (χ4v) is 1.96. The van der Waals surface area contributed by atoms with Crippen LogP contribution in [-0.2, 0) is 4.79 Å². The molecule has 0 aromatic carbocycles. The highest BCUT2D eigenvalue weighted by molar-refractivity contribution is 5.78. The Balaban J connectivity index is 1.79. The Kier molecular flexibility index (Phi) is 4.70. The van der Waals surface area contributed by atoms with Crippen molar-refractivity contribution in [3.63, 3.8) is 0 Å². The molecular formula is C13H17N5O. The third-order valence-corrected chi connectivity index (χ3v) is 2.97. The van der Waals surface area contributed by atoms with Crippen LogP contribution in [0.25, 0.3) is 0 Å². The van der Waals surface area contributed by atoms with E-state index in [-0.39, 0.29) is 5.91 Å². The van der Waals surface area contributed by atoms with E-state index in [1.54, 1.807) is 18.5 Å². The largest absolute Gasteiger partial charge is 0.338 e. The number of rotatable bonds is 4. The molecule has 1 fully saturated rings. The van der Waals surface area contributed by atoms with Gasteiger partial charge in [0, 0.05) is 38.6 Å². The summed E-state index contributed by atoms with van der Waals surface area (Å²) in [5.41, 5.74) is 0. The van der Waals surface area contributed by atoms with Gasteiger partial charge in [0.25, 0.3) is 0 Å². The van der Waals surface area contributed by atoms with Gasteiger partial charge < -0.3 is 9.80 Å². The van der Waals surface area contributed by atoms with Crippen molar-refractivity contribution in [2.75, 3.05) is 44.2 Å². The lowest BCUT2D eigenvalue weighted by molar-refractivity contribution is -0.130. The lowest BCUT2D eigenvalue weighted by atomic mass is 10.3. The summed E-state index contributed by atoms with van der Waals surface area (Å²) in [5, 5.41) is 2.91. The molecule has 1 aliphatic heterocycles. The number of aromatic nitrogens is 2. The average Bonchev–Trinajstić information content (AvgIpc) is 2.48. The van der Waals surface area contributed by atoms with Crippen molar-refractivity contribution in [2.24, 2.45) is 0 Å². The number of anilines is 1. The van der Waals surface area contributed by atoms with E-state index in [1.807, 2.05) is 4.90 Å². The van der Waals surface area contributed by atoms with Gasteiger partial charge in [0.15, 0.2) is 0 Å². The van der Waals surface area contributed by atoms with Crippen molar-refractivity contribution in [3.8, 4) is 12.3 Å². The number of piperazine rings is 1.